The average Bonchev–Trinajstić information content (AvgIpc) is 3.06. The highest BCUT2D eigenvalue weighted by molar-refractivity contribution is 7.93. The molecule has 1 aliphatic heterocycles. The van der Waals surface area contributed by atoms with Crippen molar-refractivity contribution in [3.63, 3.8) is 0 Å². The Bertz CT molecular complexity index is 1530. The first-order valence-electron chi connectivity index (χ1n) is 14.0. The van der Waals surface area contributed by atoms with Crippen molar-refractivity contribution in [1.29, 1.82) is 0 Å². The molecule has 1 aromatic carbocycles. The quantitative estimate of drug-likeness (QED) is 0.247. The van der Waals surface area contributed by atoms with E-state index >= 15 is 0 Å². The highest BCUT2D eigenvalue weighted by Crippen LogP contribution is 2.38. The van der Waals surface area contributed by atoms with E-state index in [2.05, 4.69) is 14.7 Å². The molecule has 2 aromatic rings. The Morgan fingerprint density at radius 1 is 1.16 bits per heavy atom. The number of hydrogen-bond donors (Lipinski definition) is 1. The second-order valence-electron chi connectivity index (χ2n) is 12.5. The molecule has 1 fully saturated rings. The molecule has 1 saturated heterocycles. The molecular weight excluding hydrogens is 623 g/mol. The largest absolute Gasteiger partial charge is 0.418 e. The molecule has 0 saturated carbocycles. The number of alkyl halides is 5. The number of nitrogens with zero attached hydrogens (tertiary/aromatic N) is 3. The van der Waals surface area contributed by atoms with Crippen LogP contribution in [0.2, 0.25) is 18.1 Å². The summed E-state index contributed by atoms with van der Waals surface area (Å²) in [6, 6.07) is 5.65. The molecule has 0 aliphatic carbocycles. The SMILES string of the molecule is Cc1c(C(F)(F)F)cnc(N2CCCC(F)(F)CC2)c1C(=O)Nc1cccc(S(C)(=O)=NC(=O)CO[Si](C)(C)C(C)(C)C)c1. The van der Waals surface area contributed by atoms with Crippen LogP contribution in [-0.4, -0.2) is 61.2 Å². The van der Waals surface area contributed by atoms with Gasteiger partial charge in [0.05, 0.1) is 20.9 Å². The number of rotatable bonds is 7. The van der Waals surface area contributed by atoms with E-state index in [-0.39, 0.29) is 54.0 Å². The Morgan fingerprint density at radius 3 is 2.43 bits per heavy atom. The third-order valence-corrected chi connectivity index (χ3v) is 14.2. The first-order valence-corrected chi connectivity index (χ1v) is 18.9. The molecule has 0 spiro atoms. The highest BCUT2D eigenvalue weighted by Gasteiger charge is 2.39. The van der Waals surface area contributed by atoms with Gasteiger partial charge in [0.1, 0.15) is 12.4 Å². The molecule has 3 rings (SSSR count). The number of carbonyl (C=O) groups excluding carboxylic acids is 2. The van der Waals surface area contributed by atoms with Gasteiger partial charge in [-0.3, -0.25) is 9.59 Å². The summed E-state index contributed by atoms with van der Waals surface area (Å²) in [5, 5.41) is 2.37. The third-order valence-electron chi connectivity index (χ3n) is 8.04. The van der Waals surface area contributed by atoms with Gasteiger partial charge in [0.2, 0.25) is 5.92 Å². The van der Waals surface area contributed by atoms with Gasteiger partial charge in [0.15, 0.2) is 8.32 Å². The van der Waals surface area contributed by atoms with Crippen LogP contribution in [0.4, 0.5) is 33.5 Å². The lowest BCUT2D eigenvalue weighted by molar-refractivity contribution is -0.138. The number of halogens is 5. The molecule has 8 nitrogen and oxygen atoms in total. The van der Waals surface area contributed by atoms with Gasteiger partial charge in [-0.1, -0.05) is 26.8 Å². The van der Waals surface area contributed by atoms with Crippen LogP contribution < -0.4 is 10.2 Å². The summed E-state index contributed by atoms with van der Waals surface area (Å²) in [5.74, 6) is -4.74. The van der Waals surface area contributed by atoms with Crippen molar-refractivity contribution in [3.05, 3.63) is 47.2 Å². The average molecular weight is 663 g/mol. The molecule has 2 amide bonds. The zero-order chi connectivity index (χ0) is 33.3. The van der Waals surface area contributed by atoms with Crippen LogP contribution in [0.1, 0.15) is 61.5 Å². The number of benzene rings is 1. The molecule has 1 aromatic heterocycles. The lowest BCUT2D eigenvalue weighted by atomic mass is 10.0. The van der Waals surface area contributed by atoms with E-state index in [0.29, 0.717) is 6.20 Å². The van der Waals surface area contributed by atoms with Crippen LogP contribution in [0.5, 0.6) is 0 Å². The van der Waals surface area contributed by atoms with Crippen molar-refractivity contribution in [1.82, 2.24) is 4.98 Å². The standard InChI is InChI=1S/C29H39F5N4O4SSi/c1-19-22(29(32,33)34)17-35-25(38-14-9-12-28(30,31)13-15-38)24(19)26(40)36-20-10-8-11-21(16-20)43(5,41)37-23(39)18-42-44(6,7)27(2,3)4/h8,10-11,16-17H,9,12-15,18H2,1-7H3,(H,36,40). The van der Waals surface area contributed by atoms with Crippen LogP contribution in [0.3, 0.4) is 0 Å². The summed E-state index contributed by atoms with van der Waals surface area (Å²) >= 11 is 0. The summed E-state index contributed by atoms with van der Waals surface area (Å²) in [6.45, 7) is 10.6. The molecular formula is C29H39F5N4O4SSi. The van der Waals surface area contributed by atoms with Gasteiger partial charge >= 0.3 is 6.18 Å². The zero-order valence-electron chi connectivity index (χ0n) is 25.9. The Morgan fingerprint density at radius 2 is 1.82 bits per heavy atom. The summed E-state index contributed by atoms with van der Waals surface area (Å²) in [4.78, 5) is 31.5. The highest BCUT2D eigenvalue weighted by atomic mass is 32.2. The predicted molar refractivity (Wildman–Crippen MR) is 162 cm³/mol. The molecule has 0 bridgehead atoms. The van der Waals surface area contributed by atoms with Crippen LogP contribution >= 0.6 is 0 Å². The van der Waals surface area contributed by atoms with Gasteiger partial charge in [0.25, 0.3) is 11.8 Å². The summed E-state index contributed by atoms with van der Waals surface area (Å²) in [7, 11) is -5.56. The van der Waals surface area contributed by atoms with Gasteiger partial charge in [-0.05, 0) is 55.2 Å². The molecule has 44 heavy (non-hydrogen) atoms. The zero-order valence-corrected chi connectivity index (χ0v) is 27.7. The summed E-state index contributed by atoms with van der Waals surface area (Å²) in [5.41, 5.74) is -1.87. The predicted octanol–water partition coefficient (Wildman–Crippen LogP) is 7.29. The van der Waals surface area contributed by atoms with E-state index in [9.17, 15) is 35.8 Å². The van der Waals surface area contributed by atoms with Gasteiger partial charge < -0.3 is 14.6 Å². The maximum absolute atomic E-state index is 14.0. The van der Waals surface area contributed by atoms with E-state index in [1.165, 1.54) is 35.4 Å². The van der Waals surface area contributed by atoms with Gasteiger partial charge in [-0.25, -0.2) is 18.0 Å². The van der Waals surface area contributed by atoms with Crippen molar-refractivity contribution < 1.29 is 40.2 Å². The van der Waals surface area contributed by atoms with E-state index < -0.39 is 65.1 Å². The minimum Gasteiger partial charge on any atom is -0.407 e. The number of nitrogens with one attached hydrogen (secondary N) is 1. The molecule has 0 radical (unpaired) electrons. The number of anilines is 2. The van der Waals surface area contributed by atoms with Crippen molar-refractivity contribution in [2.24, 2.45) is 4.36 Å². The molecule has 1 atom stereocenters. The minimum atomic E-state index is -4.81. The Hall–Kier alpha value is -2.91. The van der Waals surface area contributed by atoms with E-state index in [0.717, 1.165) is 6.92 Å². The first-order chi connectivity index (χ1) is 20.0. The molecule has 15 heteroatoms. The number of pyridine rings is 1. The number of aromatic nitrogens is 1. The lowest BCUT2D eigenvalue weighted by Gasteiger charge is -2.35. The lowest BCUT2D eigenvalue weighted by Crippen LogP contribution is -2.42. The van der Waals surface area contributed by atoms with Crippen molar-refractivity contribution >= 4 is 41.4 Å². The van der Waals surface area contributed by atoms with Gasteiger partial charge in [-0.2, -0.15) is 17.5 Å². The molecule has 1 unspecified atom stereocenters. The summed E-state index contributed by atoms with van der Waals surface area (Å²) in [6.07, 6.45) is -3.81. The summed E-state index contributed by atoms with van der Waals surface area (Å²) < 4.78 is 92.5. The van der Waals surface area contributed by atoms with Gasteiger partial charge in [0, 0.05) is 49.0 Å². The first kappa shape index (κ1) is 35.6. The second-order valence-corrected chi connectivity index (χ2v) is 19.6. The van der Waals surface area contributed by atoms with E-state index in [1.54, 1.807) is 0 Å². The molecule has 1 aliphatic rings. The number of carbonyl (C=O) groups is 2. The maximum atomic E-state index is 14.0. The smallest absolute Gasteiger partial charge is 0.407 e. The second kappa shape index (κ2) is 12.8. The fourth-order valence-electron chi connectivity index (χ4n) is 4.40. The third kappa shape index (κ3) is 8.62. The number of hydrogen-bond acceptors (Lipinski definition) is 6. The Balaban J connectivity index is 1.93. The minimum absolute atomic E-state index is 0.0614. The monoisotopic (exact) mass is 662 g/mol. The number of amides is 2. The molecule has 1 N–H and O–H groups in total. The Kier molecular flexibility index (Phi) is 10.4. The Labute approximate surface area is 256 Å². The van der Waals surface area contributed by atoms with E-state index in [4.69, 9.17) is 4.43 Å². The van der Waals surface area contributed by atoms with Crippen molar-refractivity contribution in [3.8, 4) is 0 Å². The fraction of sp³-hybridized carbons (Fsp3) is 0.552. The normalized spacial score (nSPS) is 17.4. The molecule has 244 valence electrons. The van der Waals surface area contributed by atoms with Crippen LogP contribution in [0.25, 0.3) is 0 Å². The maximum Gasteiger partial charge on any atom is 0.418 e. The van der Waals surface area contributed by atoms with Crippen LogP contribution in [0.15, 0.2) is 39.7 Å². The van der Waals surface area contributed by atoms with Crippen molar-refractivity contribution in [2.75, 3.05) is 36.2 Å². The topological polar surface area (TPSA) is 101 Å². The van der Waals surface area contributed by atoms with Crippen LogP contribution in [-0.2, 0) is 25.1 Å². The van der Waals surface area contributed by atoms with E-state index in [1.807, 2.05) is 33.9 Å². The molecule has 2 heterocycles. The van der Waals surface area contributed by atoms with Crippen LogP contribution in [0, 0.1) is 6.92 Å². The van der Waals surface area contributed by atoms with Crippen molar-refractivity contribution in [2.45, 2.75) is 82.1 Å². The van der Waals surface area contributed by atoms with Gasteiger partial charge in [-0.15, -0.1) is 0 Å². The fourth-order valence-corrected chi connectivity index (χ4v) is 6.54.